The number of allylic oxidation sites excluding steroid dienone is 7. The fraction of sp³-hybridized carbons (Fsp3) is 0.250. The molecule has 3 N–H and O–H groups in total. The first kappa shape index (κ1) is 14.8. The van der Waals surface area contributed by atoms with Crippen molar-refractivity contribution in [3.63, 3.8) is 0 Å². The van der Waals surface area contributed by atoms with Crippen molar-refractivity contribution in [2.75, 3.05) is 0 Å². The highest BCUT2D eigenvalue weighted by Gasteiger charge is 2.22. The fourth-order valence-corrected chi connectivity index (χ4v) is 3.02. The van der Waals surface area contributed by atoms with Gasteiger partial charge >= 0.3 is 0 Å². The maximum absolute atomic E-state index is 13.1. The molecule has 1 aromatic rings. The number of primary amides is 1. The number of H-pyrrole nitrogens is 1. The summed E-state index contributed by atoms with van der Waals surface area (Å²) >= 11 is 6.24. The molecule has 0 spiro atoms. The van der Waals surface area contributed by atoms with Crippen LogP contribution < -0.4 is 5.73 Å². The highest BCUT2D eigenvalue weighted by molar-refractivity contribution is 6.38. The average molecular weight is 320 g/mol. The van der Waals surface area contributed by atoms with Gasteiger partial charge in [-0.1, -0.05) is 23.8 Å². The minimum Gasteiger partial charge on any atom is -0.366 e. The van der Waals surface area contributed by atoms with Crippen LogP contribution in [0.1, 0.15) is 37.1 Å². The largest absolute Gasteiger partial charge is 0.366 e. The molecule has 114 valence electrons. The first-order valence-corrected chi connectivity index (χ1v) is 7.44. The molecule has 3 rings (SSSR count). The van der Waals surface area contributed by atoms with E-state index in [0.717, 1.165) is 11.3 Å². The number of hydrogen-bond donors (Lipinski definition) is 2. The second-order valence-electron chi connectivity index (χ2n) is 5.28. The number of halogens is 2. The number of rotatable bonds is 3. The molecule has 0 radical (unpaired) electrons. The first-order chi connectivity index (χ1) is 10.6. The van der Waals surface area contributed by atoms with Crippen LogP contribution in [0.3, 0.4) is 0 Å². The Labute approximate surface area is 132 Å². The molecule has 0 bridgehead atoms. The third-order valence-corrected chi connectivity index (χ3v) is 4.17. The van der Waals surface area contributed by atoms with Crippen LogP contribution in [0, 0.1) is 0 Å². The van der Waals surface area contributed by atoms with Gasteiger partial charge in [-0.3, -0.25) is 9.89 Å². The Balaban J connectivity index is 2.00. The number of nitrogens with zero attached hydrogens (tertiary/aromatic N) is 1. The summed E-state index contributed by atoms with van der Waals surface area (Å²) < 4.78 is 13.1. The van der Waals surface area contributed by atoms with Crippen LogP contribution in [0.2, 0.25) is 0 Å². The highest BCUT2D eigenvalue weighted by Crippen LogP contribution is 2.36. The van der Waals surface area contributed by atoms with Gasteiger partial charge in [-0.25, -0.2) is 4.39 Å². The summed E-state index contributed by atoms with van der Waals surface area (Å²) in [5.41, 5.74) is 8.88. The zero-order chi connectivity index (χ0) is 15.7. The van der Waals surface area contributed by atoms with E-state index < -0.39 is 5.91 Å². The monoisotopic (exact) mass is 319 g/mol. The van der Waals surface area contributed by atoms with Crippen LogP contribution in [0.5, 0.6) is 0 Å². The third-order valence-electron chi connectivity index (χ3n) is 3.83. The van der Waals surface area contributed by atoms with Gasteiger partial charge in [0.1, 0.15) is 5.83 Å². The van der Waals surface area contributed by atoms with Gasteiger partial charge in [-0.15, -0.1) is 0 Å². The molecule has 22 heavy (non-hydrogen) atoms. The number of aromatic amines is 1. The van der Waals surface area contributed by atoms with E-state index in [1.54, 1.807) is 6.08 Å². The van der Waals surface area contributed by atoms with Gasteiger partial charge < -0.3 is 5.73 Å². The molecule has 2 aliphatic rings. The Morgan fingerprint density at radius 2 is 2.14 bits per heavy atom. The normalized spacial score (nSPS) is 18.7. The second-order valence-corrected chi connectivity index (χ2v) is 5.69. The molecular weight excluding hydrogens is 305 g/mol. The van der Waals surface area contributed by atoms with E-state index in [9.17, 15) is 9.18 Å². The molecular formula is C16H15ClFN3O. The molecule has 0 unspecified atom stereocenters. The smallest absolute Gasteiger partial charge is 0.245 e. The summed E-state index contributed by atoms with van der Waals surface area (Å²) in [5, 5.41) is 7.65. The molecule has 0 saturated heterocycles. The number of carbonyl (C=O) groups is 1. The molecule has 1 aromatic heterocycles. The Morgan fingerprint density at radius 1 is 1.32 bits per heavy atom. The topological polar surface area (TPSA) is 71.8 Å². The van der Waals surface area contributed by atoms with E-state index in [1.807, 2.05) is 12.1 Å². The molecule has 0 aliphatic heterocycles. The second kappa shape index (κ2) is 5.93. The summed E-state index contributed by atoms with van der Waals surface area (Å²) in [4.78, 5) is 11.6. The van der Waals surface area contributed by atoms with Crippen LogP contribution in [0.15, 0.2) is 40.7 Å². The molecule has 0 saturated carbocycles. The van der Waals surface area contributed by atoms with Crippen molar-refractivity contribution in [1.29, 1.82) is 0 Å². The molecule has 6 heteroatoms. The zero-order valence-electron chi connectivity index (χ0n) is 11.8. The van der Waals surface area contributed by atoms with Crippen molar-refractivity contribution in [2.45, 2.75) is 25.7 Å². The van der Waals surface area contributed by atoms with Gasteiger partial charge in [0.15, 0.2) is 0 Å². The fourth-order valence-electron chi connectivity index (χ4n) is 2.69. The van der Waals surface area contributed by atoms with Crippen LogP contribution in [0.4, 0.5) is 4.39 Å². The number of carbonyl (C=O) groups excluding carboxylic acids is 1. The zero-order valence-corrected chi connectivity index (χ0v) is 12.6. The van der Waals surface area contributed by atoms with Crippen molar-refractivity contribution in [2.24, 2.45) is 5.73 Å². The Morgan fingerprint density at radius 3 is 2.82 bits per heavy atom. The van der Waals surface area contributed by atoms with Gasteiger partial charge in [0, 0.05) is 22.6 Å². The van der Waals surface area contributed by atoms with E-state index in [0.29, 0.717) is 47.6 Å². The summed E-state index contributed by atoms with van der Waals surface area (Å²) in [6.07, 6.45) is 7.27. The lowest BCUT2D eigenvalue weighted by molar-refractivity contribution is -0.114. The maximum atomic E-state index is 13.1. The SMILES string of the molecule is NC(=O)C1=C(c2cc(C3=CC=C(F)CC3)n[nH]2)C(Cl)=CCC1. The number of aromatic nitrogens is 2. The number of nitrogens with one attached hydrogen (secondary N) is 1. The standard InChI is InChI=1S/C16H15ClFN3O/c17-12-3-1-2-11(16(19)22)15(12)14-8-13(20-21-14)9-4-6-10(18)7-5-9/h3-4,6,8H,1-2,5,7H2,(H2,19,22)(H,20,21). The number of hydrogen-bond acceptors (Lipinski definition) is 2. The highest BCUT2D eigenvalue weighted by atomic mass is 35.5. The number of amides is 1. The lowest BCUT2D eigenvalue weighted by Gasteiger charge is -2.15. The first-order valence-electron chi connectivity index (χ1n) is 7.06. The van der Waals surface area contributed by atoms with Gasteiger partial charge in [-0.05, 0) is 37.0 Å². The van der Waals surface area contributed by atoms with Crippen molar-refractivity contribution >= 4 is 28.7 Å². The van der Waals surface area contributed by atoms with Gasteiger partial charge in [0.25, 0.3) is 0 Å². The van der Waals surface area contributed by atoms with E-state index in [-0.39, 0.29) is 5.83 Å². The predicted octanol–water partition coefficient (Wildman–Crippen LogP) is 3.60. The minimum atomic E-state index is -0.473. The van der Waals surface area contributed by atoms with Gasteiger partial charge in [0.05, 0.1) is 11.4 Å². The van der Waals surface area contributed by atoms with Crippen molar-refractivity contribution in [3.05, 3.63) is 52.1 Å². The van der Waals surface area contributed by atoms with Crippen molar-refractivity contribution in [3.8, 4) is 0 Å². The molecule has 1 heterocycles. The molecule has 2 aliphatic carbocycles. The molecule has 0 aromatic carbocycles. The van der Waals surface area contributed by atoms with Crippen LogP contribution in [0.25, 0.3) is 11.1 Å². The Bertz CT molecular complexity index is 755. The minimum absolute atomic E-state index is 0.128. The lowest BCUT2D eigenvalue weighted by atomic mass is 9.94. The molecule has 0 atom stereocenters. The van der Waals surface area contributed by atoms with Crippen molar-refractivity contribution < 1.29 is 9.18 Å². The van der Waals surface area contributed by atoms with E-state index >= 15 is 0 Å². The van der Waals surface area contributed by atoms with Gasteiger partial charge in [0.2, 0.25) is 5.91 Å². The Hall–Kier alpha value is -2.14. The predicted molar refractivity (Wildman–Crippen MR) is 84.3 cm³/mol. The van der Waals surface area contributed by atoms with E-state index in [2.05, 4.69) is 10.2 Å². The van der Waals surface area contributed by atoms with Crippen LogP contribution >= 0.6 is 11.6 Å². The summed E-state index contributed by atoms with van der Waals surface area (Å²) in [7, 11) is 0. The average Bonchev–Trinajstić information content (AvgIpc) is 2.97. The van der Waals surface area contributed by atoms with Gasteiger partial charge in [-0.2, -0.15) is 5.10 Å². The maximum Gasteiger partial charge on any atom is 0.245 e. The third kappa shape index (κ3) is 2.76. The molecule has 1 amide bonds. The Kier molecular flexibility index (Phi) is 3.98. The summed E-state index contributed by atoms with van der Waals surface area (Å²) in [5.74, 6) is -0.601. The lowest BCUT2D eigenvalue weighted by Crippen LogP contribution is -2.17. The van der Waals surface area contributed by atoms with E-state index in [1.165, 1.54) is 6.08 Å². The number of nitrogens with two attached hydrogens (primary N) is 1. The summed E-state index contributed by atoms with van der Waals surface area (Å²) in [6, 6.07) is 1.82. The quantitative estimate of drug-likeness (QED) is 0.893. The molecule has 4 nitrogen and oxygen atoms in total. The van der Waals surface area contributed by atoms with Crippen LogP contribution in [-0.2, 0) is 4.79 Å². The van der Waals surface area contributed by atoms with Crippen molar-refractivity contribution in [1.82, 2.24) is 10.2 Å². The molecule has 0 fully saturated rings. The van der Waals surface area contributed by atoms with Crippen LogP contribution in [-0.4, -0.2) is 16.1 Å². The van der Waals surface area contributed by atoms with E-state index in [4.69, 9.17) is 17.3 Å². The summed E-state index contributed by atoms with van der Waals surface area (Å²) in [6.45, 7) is 0.